The maximum atomic E-state index is 11.4. The Morgan fingerprint density at radius 3 is 3.29 bits per heavy atom. The number of rotatable bonds is 2. The first-order valence-corrected chi connectivity index (χ1v) is 4.28. The number of fused-ring (bicyclic) bond motifs is 1. The maximum absolute atomic E-state index is 11.4. The Hall–Kier alpha value is -1.91. The number of carbonyl (C=O) groups excluding carboxylic acids is 1. The minimum absolute atomic E-state index is 0.304. The van der Waals surface area contributed by atoms with E-state index < -0.39 is 5.97 Å². The lowest BCUT2D eigenvalue weighted by Crippen LogP contribution is -2.07. The summed E-state index contributed by atoms with van der Waals surface area (Å²) >= 11 is 0. The van der Waals surface area contributed by atoms with Gasteiger partial charge in [-0.05, 0) is 13.0 Å². The second kappa shape index (κ2) is 3.45. The molecule has 0 spiro atoms. The van der Waals surface area contributed by atoms with Crippen LogP contribution >= 0.6 is 0 Å². The Kier molecular flexibility index (Phi) is 2.14. The van der Waals surface area contributed by atoms with Gasteiger partial charge in [-0.3, -0.25) is 5.10 Å². The zero-order valence-electron chi connectivity index (χ0n) is 7.65. The van der Waals surface area contributed by atoms with Gasteiger partial charge in [0.05, 0.1) is 23.7 Å². The van der Waals surface area contributed by atoms with Crippen molar-refractivity contribution in [1.29, 1.82) is 0 Å². The molecule has 0 amide bonds. The van der Waals surface area contributed by atoms with Crippen molar-refractivity contribution in [3.63, 3.8) is 0 Å². The second-order valence-electron chi connectivity index (χ2n) is 2.71. The van der Waals surface area contributed by atoms with Gasteiger partial charge >= 0.3 is 5.97 Å². The quantitative estimate of drug-likeness (QED) is 0.722. The van der Waals surface area contributed by atoms with Gasteiger partial charge < -0.3 is 4.74 Å². The highest BCUT2D eigenvalue weighted by atomic mass is 16.5. The average molecular weight is 191 g/mol. The Balaban J connectivity index is 2.50. The van der Waals surface area contributed by atoms with Crippen LogP contribution in [0.25, 0.3) is 10.9 Å². The highest BCUT2D eigenvalue weighted by molar-refractivity contribution is 6.01. The van der Waals surface area contributed by atoms with E-state index in [0.29, 0.717) is 17.7 Å². The molecule has 14 heavy (non-hydrogen) atoms. The van der Waals surface area contributed by atoms with Gasteiger partial charge in [-0.15, -0.1) is 0 Å². The van der Waals surface area contributed by atoms with Gasteiger partial charge in [-0.1, -0.05) is 0 Å². The molecule has 2 aromatic rings. The number of H-pyrrole nitrogens is 1. The molecule has 0 fully saturated rings. The van der Waals surface area contributed by atoms with Crippen molar-refractivity contribution in [2.45, 2.75) is 6.92 Å². The molecule has 2 heterocycles. The lowest BCUT2D eigenvalue weighted by atomic mass is 10.2. The SMILES string of the molecule is CCOC(=O)c1nccc2[nH]ncc12. The lowest BCUT2D eigenvalue weighted by molar-refractivity contribution is 0.0522. The molecule has 5 heteroatoms. The zero-order chi connectivity index (χ0) is 9.97. The molecule has 0 unspecified atom stereocenters. The van der Waals surface area contributed by atoms with E-state index in [4.69, 9.17) is 4.74 Å². The first-order chi connectivity index (χ1) is 6.83. The number of hydrogen-bond acceptors (Lipinski definition) is 4. The molecule has 2 rings (SSSR count). The summed E-state index contributed by atoms with van der Waals surface area (Å²) < 4.78 is 4.86. The molecule has 0 radical (unpaired) electrons. The predicted molar refractivity (Wildman–Crippen MR) is 49.8 cm³/mol. The van der Waals surface area contributed by atoms with Crippen LogP contribution in [0.2, 0.25) is 0 Å². The molecule has 0 aromatic carbocycles. The summed E-state index contributed by atoms with van der Waals surface area (Å²) in [6, 6.07) is 1.76. The first kappa shape index (κ1) is 8.68. The minimum atomic E-state index is -0.417. The van der Waals surface area contributed by atoms with E-state index in [1.165, 1.54) is 0 Å². The van der Waals surface area contributed by atoms with Crippen molar-refractivity contribution in [1.82, 2.24) is 15.2 Å². The molecule has 0 saturated heterocycles. The van der Waals surface area contributed by atoms with Crippen LogP contribution < -0.4 is 0 Å². The topological polar surface area (TPSA) is 67.9 Å². The summed E-state index contributed by atoms with van der Waals surface area (Å²) in [5.41, 5.74) is 1.08. The molecular formula is C9H9N3O2. The summed E-state index contributed by atoms with van der Waals surface area (Å²) in [6.45, 7) is 2.10. The van der Waals surface area contributed by atoms with Crippen LogP contribution in [0.5, 0.6) is 0 Å². The Morgan fingerprint density at radius 2 is 2.50 bits per heavy atom. The van der Waals surface area contributed by atoms with Crippen molar-refractivity contribution in [2.24, 2.45) is 0 Å². The van der Waals surface area contributed by atoms with Crippen LogP contribution in [-0.4, -0.2) is 27.8 Å². The summed E-state index contributed by atoms with van der Waals surface area (Å²) in [4.78, 5) is 15.4. The number of nitrogens with zero attached hydrogens (tertiary/aromatic N) is 2. The van der Waals surface area contributed by atoms with E-state index in [1.54, 1.807) is 25.4 Å². The number of pyridine rings is 1. The van der Waals surface area contributed by atoms with Crippen LogP contribution in [0.3, 0.4) is 0 Å². The summed E-state index contributed by atoms with van der Waals surface area (Å²) in [7, 11) is 0. The molecule has 2 aromatic heterocycles. The highest BCUT2D eigenvalue weighted by Gasteiger charge is 2.12. The van der Waals surface area contributed by atoms with E-state index in [2.05, 4.69) is 15.2 Å². The van der Waals surface area contributed by atoms with Gasteiger partial charge in [-0.25, -0.2) is 9.78 Å². The van der Waals surface area contributed by atoms with Gasteiger partial charge in [0.2, 0.25) is 0 Å². The van der Waals surface area contributed by atoms with Crippen LogP contribution in [0.15, 0.2) is 18.5 Å². The molecule has 0 bridgehead atoms. The number of aromatic nitrogens is 3. The van der Waals surface area contributed by atoms with Crippen molar-refractivity contribution in [3.05, 3.63) is 24.2 Å². The van der Waals surface area contributed by atoms with Gasteiger partial charge in [0.25, 0.3) is 0 Å². The van der Waals surface area contributed by atoms with Crippen molar-refractivity contribution in [3.8, 4) is 0 Å². The van der Waals surface area contributed by atoms with Crippen molar-refractivity contribution >= 4 is 16.9 Å². The fraction of sp³-hybridized carbons (Fsp3) is 0.222. The fourth-order valence-electron chi connectivity index (χ4n) is 1.23. The van der Waals surface area contributed by atoms with Crippen molar-refractivity contribution < 1.29 is 9.53 Å². The summed E-state index contributed by atoms with van der Waals surface area (Å²) in [6.07, 6.45) is 3.11. The third kappa shape index (κ3) is 1.32. The Morgan fingerprint density at radius 1 is 1.64 bits per heavy atom. The first-order valence-electron chi connectivity index (χ1n) is 4.28. The number of nitrogens with one attached hydrogen (secondary N) is 1. The molecule has 1 N–H and O–H groups in total. The molecule has 0 aliphatic rings. The predicted octanol–water partition coefficient (Wildman–Crippen LogP) is 1.13. The van der Waals surface area contributed by atoms with Crippen LogP contribution in [-0.2, 0) is 4.74 Å². The second-order valence-corrected chi connectivity index (χ2v) is 2.71. The average Bonchev–Trinajstić information content (AvgIpc) is 2.65. The number of aromatic amines is 1. The molecule has 72 valence electrons. The molecule has 0 atom stereocenters. The maximum Gasteiger partial charge on any atom is 0.357 e. The fourth-order valence-corrected chi connectivity index (χ4v) is 1.23. The molecule has 0 aliphatic heterocycles. The van der Waals surface area contributed by atoms with Gasteiger partial charge in [0, 0.05) is 6.20 Å². The number of hydrogen-bond donors (Lipinski definition) is 1. The van der Waals surface area contributed by atoms with Gasteiger partial charge in [-0.2, -0.15) is 5.10 Å². The summed E-state index contributed by atoms with van der Waals surface area (Å²) in [5, 5.41) is 7.28. The van der Waals surface area contributed by atoms with Gasteiger partial charge in [0.15, 0.2) is 5.69 Å². The molecule has 0 saturated carbocycles. The third-order valence-electron chi connectivity index (χ3n) is 1.84. The number of ether oxygens (including phenoxy) is 1. The standard InChI is InChI=1S/C9H9N3O2/c1-2-14-9(13)8-6-5-11-12-7(6)3-4-10-8/h3-5H,2H2,1H3,(H,11,12). The van der Waals surface area contributed by atoms with E-state index >= 15 is 0 Å². The molecular weight excluding hydrogens is 182 g/mol. The molecule has 5 nitrogen and oxygen atoms in total. The Labute approximate surface area is 80.1 Å². The van der Waals surface area contributed by atoms with E-state index in [9.17, 15) is 4.79 Å². The van der Waals surface area contributed by atoms with Crippen LogP contribution in [0.1, 0.15) is 17.4 Å². The van der Waals surface area contributed by atoms with Crippen molar-refractivity contribution in [2.75, 3.05) is 6.61 Å². The lowest BCUT2D eigenvalue weighted by Gasteiger charge is -2.00. The smallest absolute Gasteiger partial charge is 0.357 e. The number of esters is 1. The largest absolute Gasteiger partial charge is 0.461 e. The molecule has 0 aliphatic carbocycles. The number of carbonyl (C=O) groups is 1. The monoisotopic (exact) mass is 191 g/mol. The van der Waals surface area contributed by atoms with E-state index in [-0.39, 0.29) is 0 Å². The van der Waals surface area contributed by atoms with E-state index in [1.807, 2.05) is 0 Å². The zero-order valence-corrected chi connectivity index (χ0v) is 7.65. The normalized spacial score (nSPS) is 10.4. The van der Waals surface area contributed by atoms with Crippen LogP contribution in [0, 0.1) is 0 Å². The minimum Gasteiger partial charge on any atom is -0.461 e. The van der Waals surface area contributed by atoms with Gasteiger partial charge in [0.1, 0.15) is 0 Å². The van der Waals surface area contributed by atoms with Crippen LogP contribution in [0.4, 0.5) is 0 Å². The third-order valence-corrected chi connectivity index (χ3v) is 1.84. The summed E-state index contributed by atoms with van der Waals surface area (Å²) in [5.74, 6) is -0.417. The van der Waals surface area contributed by atoms with E-state index in [0.717, 1.165) is 5.52 Å². The Bertz CT molecular complexity index is 464. The highest BCUT2D eigenvalue weighted by Crippen LogP contribution is 2.13.